The summed E-state index contributed by atoms with van der Waals surface area (Å²) in [6, 6.07) is -0.342. The molecule has 0 unspecified atom stereocenters. The molecule has 0 atom stereocenters. The van der Waals surface area contributed by atoms with Gasteiger partial charge in [-0.15, -0.1) is 5.10 Å². The predicted octanol–water partition coefficient (Wildman–Crippen LogP) is -1.45. The number of aromatic nitrogens is 3. The van der Waals surface area contributed by atoms with Crippen LogP contribution in [0.25, 0.3) is 0 Å². The first-order chi connectivity index (χ1) is 8.20. The zero-order chi connectivity index (χ0) is 12.3. The maximum absolute atomic E-state index is 11.8. The molecule has 0 bridgehead atoms. The van der Waals surface area contributed by atoms with Crippen molar-refractivity contribution in [1.29, 1.82) is 0 Å². The zero-order valence-corrected chi connectivity index (χ0v) is 9.51. The first-order valence-electron chi connectivity index (χ1n) is 5.32. The second-order valence-electron chi connectivity index (χ2n) is 3.72. The van der Waals surface area contributed by atoms with E-state index in [1.54, 1.807) is 13.2 Å². The SMILES string of the molecule is CNCc1cn(CC(=O)N2CCNC2=O)nn1. The van der Waals surface area contributed by atoms with Gasteiger partial charge in [-0.1, -0.05) is 5.21 Å². The van der Waals surface area contributed by atoms with Gasteiger partial charge in [-0.3, -0.25) is 9.69 Å². The minimum Gasteiger partial charge on any atom is -0.336 e. The molecule has 3 amide bonds. The average molecular weight is 238 g/mol. The number of hydrogen-bond acceptors (Lipinski definition) is 5. The summed E-state index contributed by atoms with van der Waals surface area (Å²) in [5.74, 6) is -0.277. The highest BCUT2D eigenvalue weighted by molar-refractivity contribution is 5.95. The summed E-state index contributed by atoms with van der Waals surface area (Å²) in [4.78, 5) is 24.2. The van der Waals surface area contributed by atoms with Crippen molar-refractivity contribution in [3.05, 3.63) is 11.9 Å². The van der Waals surface area contributed by atoms with Gasteiger partial charge < -0.3 is 10.6 Å². The average Bonchev–Trinajstić information content (AvgIpc) is 2.88. The van der Waals surface area contributed by atoms with Crippen molar-refractivity contribution >= 4 is 11.9 Å². The molecule has 1 aliphatic heterocycles. The third-order valence-corrected chi connectivity index (χ3v) is 2.40. The fourth-order valence-corrected chi connectivity index (χ4v) is 1.61. The van der Waals surface area contributed by atoms with Crippen LogP contribution in [0.4, 0.5) is 4.79 Å². The van der Waals surface area contributed by atoms with Crippen LogP contribution < -0.4 is 10.6 Å². The van der Waals surface area contributed by atoms with Gasteiger partial charge in [0, 0.05) is 19.6 Å². The van der Waals surface area contributed by atoms with Crippen molar-refractivity contribution < 1.29 is 9.59 Å². The van der Waals surface area contributed by atoms with Crippen molar-refractivity contribution in [2.24, 2.45) is 0 Å². The lowest BCUT2D eigenvalue weighted by Gasteiger charge is -2.11. The first-order valence-corrected chi connectivity index (χ1v) is 5.32. The molecule has 2 heterocycles. The smallest absolute Gasteiger partial charge is 0.324 e. The summed E-state index contributed by atoms with van der Waals surface area (Å²) in [5, 5.41) is 13.2. The van der Waals surface area contributed by atoms with Gasteiger partial charge in [0.25, 0.3) is 5.91 Å². The van der Waals surface area contributed by atoms with Gasteiger partial charge in [-0.2, -0.15) is 0 Å². The monoisotopic (exact) mass is 238 g/mol. The molecule has 2 rings (SSSR count). The zero-order valence-electron chi connectivity index (χ0n) is 9.51. The van der Waals surface area contributed by atoms with E-state index in [-0.39, 0.29) is 18.5 Å². The molecule has 0 aliphatic carbocycles. The molecule has 2 N–H and O–H groups in total. The lowest BCUT2D eigenvalue weighted by atomic mass is 10.4. The van der Waals surface area contributed by atoms with Crippen LogP contribution in [0.1, 0.15) is 5.69 Å². The molecule has 1 aliphatic rings. The van der Waals surface area contributed by atoms with E-state index in [1.165, 1.54) is 9.58 Å². The predicted molar refractivity (Wildman–Crippen MR) is 57.9 cm³/mol. The van der Waals surface area contributed by atoms with Crippen LogP contribution in [0.2, 0.25) is 0 Å². The summed E-state index contributed by atoms with van der Waals surface area (Å²) < 4.78 is 1.43. The fraction of sp³-hybridized carbons (Fsp3) is 0.556. The molecule has 17 heavy (non-hydrogen) atoms. The number of carbonyl (C=O) groups excluding carboxylic acids is 2. The van der Waals surface area contributed by atoms with E-state index in [2.05, 4.69) is 20.9 Å². The van der Waals surface area contributed by atoms with Crippen LogP contribution in [0.5, 0.6) is 0 Å². The maximum Gasteiger partial charge on any atom is 0.324 e. The summed E-state index contributed by atoms with van der Waals surface area (Å²) in [5.41, 5.74) is 0.756. The molecule has 1 fully saturated rings. The van der Waals surface area contributed by atoms with Crippen LogP contribution in [0.15, 0.2) is 6.20 Å². The summed E-state index contributed by atoms with van der Waals surface area (Å²) in [6.07, 6.45) is 1.68. The molecule has 1 aromatic heterocycles. The number of nitrogens with one attached hydrogen (secondary N) is 2. The molecule has 0 saturated carbocycles. The Hall–Kier alpha value is -1.96. The van der Waals surface area contributed by atoms with Crippen molar-refractivity contribution in [2.75, 3.05) is 20.1 Å². The van der Waals surface area contributed by atoms with Crippen molar-refractivity contribution in [3.63, 3.8) is 0 Å². The number of carbonyl (C=O) groups is 2. The lowest BCUT2D eigenvalue weighted by molar-refractivity contribution is -0.128. The van der Waals surface area contributed by atoms with Gasteiger partial charge in [0.1, 0.15) is 6.54 Å². The Balaban J connectivity index is 1.95. The van der Waals surface area contributed by atoms with Crippen LogP contribution >= 0.6 is 0 Å². The molecular weight excluding hydrogens is 224 g/mol. The number of hydrogen-bond donors (Lipinski definition) is 2. The third-order valence-electron chi connectivity index (χ3n) is 2.40. The Morgan fingerprint density at radius 2 is 2.47 bits per heavy atom. The lowest BCUT2D eigenvalue weighted by Crippen LogP contribution is -2.36. The van der Waals surface area contributed by atoms with Gasteiger partial charge in [0.05, 0.1) is 11.9 Å². The fourth-order valence-electron chi connectivity index (χ4n) is 1.61. The van der Waals surface area contributed by atoms with Crippen LogP contribution in [-0.4, -0.2) is 52.0 Å². The molecule has 0 radical (unpaired) electrons. The van der Waals surface area contributed by atoms with E-state index < -0.39 is 0 Å². The number of rotatable bonds is 4. The molecule has 1 aromatic rings. The van der Waals surface area contributed by atoms with Crippen LogP contribution in [0.3, 0.4) is 0 Å². The number of nitrogens with zero attached hydrogens (tertiary/aromatic N) is 4. The van der Waals surface area contributed by atoms with Crippen LogP contribution in [-0.2, 0) is 17.9 Å². The molecule has 0 spiro atoms. The molecule has 8 heteroatoms. The van der Waals surface area contributed by atoms with Crippen LogP contribution in [0, 0.1) is 0 Å². The molecule has 1 saturated heterocycles. The summed E-state index contributed by atoms with van der Waals surface area (Å²) >= 11 is 0. The minimum absolute atomic E-state index is 0.0319. The quantitative estimate of drug-likeness (QED) is 0.669. The Morgan fingerprint density at radius 3 is 3.12 bits per heavy atom. The van der Waals surface area contributed by atoms with E-state index in [0.717, 1.165) is 5.69 Å². The highest BCUT2D eigenvalue weighted by Crippen LogP contribution is 2.00. The number of urea groups is 1. The second kappa shape index (κ2) is 4.91. The number of amides is 3. The minimum atomic E-state index is -0.342. The Bertz CT molecular complexity index is 429. The molecule has 8 nitrogen and oxygen atoms in total. The van der Waals surface area contributed by atoms with Gasteiger partial charge in [-0.25, -0.2) is 9.48 Å². The molecule has 92 valence electrons. The van der Waals surface area contributed by atoms with E-state index in [1.807, 2.05) is 0 Å². The highest BCUT2D eigenvalue weighted by atomic mass is 16.2. The van der Waals surface area contributed by atoms with Crippen molar-refractivity contribution in [3.8, 4) is 0 Å². The molecular formula is C9H14N6O2. The largest absolute Gasteiger partial charge is 0.336 e. The Kier molecular flexibility index (Phi) is 3.33. The van der Waals surface area contributed by atoms with Crippen molar-refractivity contribution in [2.45, 2.75) is 13.1 Å². The maximum atomic E-state index is 11.8. The second-order valence-corrected chi connectivity index (χ2v) is 3.72. The Morgan fingerprint density at radius 1 is 1.65 bits per heavy atom. The number of imide groups is 1. The van der Waals surface area contributed by atoms with E-state index >= 15 is 0 Å². The van der Waals surface area contributed by atoms with E-state index in [0.29, 0.717) is 19.6 Å². The standard InChI is InChI=1S/C9H14N6O2/c1-10-4-7-5-14(13-12-7)6-8(16)15-3-2-11-9(15)17/h5,10H,2-4,6H2,1H3,(H,11,17). The third kappa shape index (κ3) is 2.59. The first kappa shape index (κ1) is 11.5. The highest BCUT2D eigenvalue weighted by Gasteiger charge is 2.26. The molecule has 0 aromatic carbocycles. The summed E-state index contributed by atoms with van der Waals surface area (Å²) in [6.45, 7) is 1.55. The topological polar surface area (TPSA) is 92.2 Å². The van der Waals surface area contributed by atoms with Gasteiger partial charge in [0.2, 0.25) is 0 Å². The van der Waals surface area contributed by atoms with E-state index in [9.17, 15) is 9.59 Å². The summed E-state index contributed by atoms with van der Waals surface area (Å²) in [7, 11) is 1.80. The van der Waals surface area contributed by atoms with Gasteiger partial charge in [-0.05, 0) is 7.05 Å². The van der Waals surface area contributed by atoms with Crippen molar-refractivity contribution in [1.82, 2.24) is 30.5 Å². The Labute approximate surface area is 98.0 Å². The van der Waals surface area contributed by atoms with E-state index in [4.69, 9.17) is 0 Å². The van der Waals surface area contributed by atoms with Gasteiger partial charge >= 0.3 is 6.03 Å². The normalized spacial score (nSPS) is 15.1. The van der Waals surface area contributed by atoms with Gasteiger partial charge in [0.15, 0.2) is 0 Å².